The second-order valence-corrected chi connectivity index (χ2v) is 9.50. The van der Waals surface area contributed by atoms with E-state index in [0.717, 1.165) is 5.56 Å². The van der Waals surface area contributed by atoms with E-state index in [9.17, 15) is 19.5 Å². The summed E-state index contributed by atoms with van der Waals surface area (Å²) in [6, 6.07) is 3.92. The summed E-state index contributed by atoms with van der Waals surface area (Å²) in [6.45, 7) is 7.27. The van der Waals surface area contributed by atoms with Crippen molar-refractivity contribution in [1.82, 2.24) is 10.2 Å². The average molecular weight is 462 g/mol. The van der Waals surface area contributed by atoms with Crippen LogP contribution >= 0.6 is 11.6 Å². The number of hydrogen-bond acceptors (Lipinski definition) is 4. The van der Waals surface area contributed by atoms with Gasteiger partial charge in [-0.25, -0.2) is 0 Å². The number of carbonyl (C=O) groups excluding carboxylic acids is 3. The number of aliphatic hydroxyl groups is 1. The summed E-state index contributed by atoms with van der Waals surface area (Å²) in [5, 5.41) is 16.1. The lowest BCUT2D eigenvalue weighted by molar-refractivity contribution is -0.143. The van der Waals surface area contributed by atoms with Gasteiger partial charge in [-0.2, -0.15) is 0 Å². The number of allylic oxidation sites excluding steroid dienone is 1. The van der Waals surface area contributed by atoms with Gasteiger partial charge in [0.05, 0.1) is 35.2 Å². The molecule has 174 valence electrons. The number of benzene rings is 1. The number of hydrogen-bond donors (Lipinski definition) is 3. The minimum Gasteiger partial charge on any atom is -0.394 e. The number of nitrogens with zero attached hydrogens (tertiary/aromatic N) is 1. The highest BCUT2D eigenvalue weighted by atomic mass is 35.5. The number of rotatable bonds is 6. The van der Waals surface area contributed by atoms with Crippen molar-refractivity contribution in [1.29, 1.82) is 0 Å². The summed E-state index contributed by atoms with van der Waals surface area (Å²) >= 11 is 6.32. The lowest BCUT2D eigenvalue weighted by atomic mass is 9.70. The number of carbonyl (C=O) groups is 3. The van der Waals surface area contributed by atoms with Crippen LogP contribution in [-0.2, 0) is 14.4 Å². The molecular weight excluding hydrogens is 430 g/mol. The van der Waals surface area contributed by atoms with E-state index in [1.165, 1.54) is 4.90 Å². The molecule has 0 bridgehead atoms. The molecule has 0 aromatic heterocycles. The molecule has 0 unspecified atom stereocenters. The number of halogens is 1. The average Bonchev–Trinajstić information content (AvgIpc) is 3.03. The van der Waals surface area contributed by atoms with Crippen LogP contribution in [0.4, 0.5) is 5.69 Å². The Balaban J connectivity index is 2.07. The summed E-state index contributed by atoms with van der Waals surface area (Å²) in [5.74, 6) is -2.86. The van der Waals surface area contributed by atoms with Gasteiger partial charge < -0.3 is 20.6 Å². The van der Waals surface area contributed by atoms with Gasteiger partial charge in [0.2, 0.25) is 17.7 Å². The number of amides is 3. The van der Waals surface area contributed by atoms with E-state index in [2.05, 4.69) is 10.6 Å². The number of aryl methyl sites for hydroxylation is 1. The summed E-state index contributed by atoms with van der Waals surface area (Å²) in [7, 11) is 1.55. The number of fused-ring (bicyclic) bond motifs is 1. The molecule has 1 aromatic carbocycles. The molecule has 1 fully saturated rings. The lowest BCUT2D eigenvalue weighted by Crippen LogP contribution is -2.52. The third-order valence-electron chi connectivity index (χ3n) is 6.81. The van der Waals surface area contributed by atoms with Gasteiger partial charge >= 0.3 is 0 Å². The van der Waals surface area contributed by atoms with Gasteiger partial charge in [0.15, 0.2) is 0 Å². The molecule has 1 heterocycles. The highest BCUT2D eigenvalue weighted by molar-refractivity contribution is 6.34. The normalized spacial score (nSPS) is 27.9. The molecule has 1 aromatic rings. The second-order valence-electron chi connectivity index (χ2n) is 9.09. The molecular formula is C24H32ClN3O4. The molecule has 32 heavy (non-hydrogen) atoms. The Labute approximate surface area is 194 Å². The van der Waals surface area contributed by atoms with Crippen LogP contribution in [0.3, 0.4) is 0 Å². The first-order valence-corrected chi connectivity index (χ1v) is 11.4. The highest BCUT2D eigenvalue weighted by Gasteiger charge is 2.58. The van der Waals surface area contributed by atoms with E-state index in [4.69, 9.17) is 11.6 Å². The van der Waals surface area contributed by atoms with Crippen molar-refractivity contribution in [3.05, 3.63) is 40.9 Å². The summed E-state index contributed by atoms with van der Waals surface area (Å²) < 4.78 is 0. The van der Waals surface area contributed by atoms with Crippen LogP contribution in [0.1, 0.15) is 26.3 Å². The first kappa shape index (κ1) is 24.3. The van der Waals surface area contributed by atoms with Crippen molar-refractivity contribution in [2.75, 3.05) is 19.0 Å². The minimum absolute atomic E-state index is 0.0821. The second kappa shape index (κ2) is 9.63. The van der Waals surface area contributed by atoms with E-state index in [-0.39, 0.29) is 36.2 Å². The van der Waals surface area contributed by atoms with Gasteiger partial charge in [0.25, 0.3) is 0 Å². The zero-order valence-corrected chi connectivity index (χ0v) is 19.9. The standard InChI is InChI=1S/C24H32ClN3O4/c1-12(2)17(11-29)28-21(23(31)27-20-14(4)7-6-8-16(20)25)15-10-9-13(3)18(22(30)26-5)19(15)24(28)32/h6-10,12-13,15,17-19,21,29H,11H2,1-5H3,(H,26,30)(H,27,31)/t13-,15+,17+,18-,19+,21+/m1/s1. The van der Waals surface area contributed by atoms with Crippen LogP contribution < -0.4 is 10.6 Å². The van der Waals surface area contributed by atoms with Crippen LogP contribution in [0.25, 0.3) is 0 Å². The van der Waals surface area contributed by atoms with E-state index >= 15 is 0 Å². The summed E-state index contributed by atoms with van der Waals surface area (Å²) in [5.41, 5.74) is 1.30. The molecule has 1 aliphatic heterocycles. The van der Waals surface area contributed by atoms with Gasteiger partial charge in [0, 0.05) is 13.0 Å². The van der Waals surface area contributed by atoms with Crippen molar-refractivity contribution < 1.29 is 19.5 Å². The fourth-order valence-electron chi connectivity index (χ4n) is 5.07. The van der Waals surface area contributed by atoms with Gasteiger partial charge in [-0.3, -0.25) is 14.4 Å². The molecule has 3 amide bonds. The van der Waals surface area contributed by atoms with Crippen molar-refractivity contribution in [3.63, 3.8) is 0 Å². The zero-order chi connectivity index (χ0) is 23.7. The molecule has 2 aliphatic rings. The fourth-order valence-corrected chi connectivity index (χ4v) is 5.34. The molecule has 3 N–H and O–H groups in total. The van der Waals surface area contributed by atoms with E-state index in [0.29, 0.717) is 10.7 Å². The van der Waals surface area contributed by atoms with E-state index < -0.39 is 29.8 Å². The molecule has 0 saturated carbocycles. The maximum absolute atomic E-state index is 13.7. The maximum Gasteiger partial charge on any atom is 0.247 e. The number of aliphatic hydroxyl groups excluding tert-OH is 1. The van der Waals surface area contributed by atoms with E-state index in [1.54, 1.807) is 19.2 Å². The van der Waals surface area contributed by atoms with Crippen molar-refractivity contribution in [2.24, 2.45) is 29.6 Å². The fraction of sp³-hybridized carbons (Fsp3) is 0.542. The van der Waals surface area contributed by atoms with Crippen molar-refractivity contribution >= 4 is 35.0 Å². The third-order valence-corrected chi connectivity index (χ3v) is 7.13. The number of nitrogens with one attached hydrogen (secondary N) is 2. The van der Waals surface area contributed by atoms with Gasteiger partial charge in [-0.1, -0.05) is 56.7 Å². The summed E-state index contributed by atoms with van der Waals surface area (Å²) in [6.07, 6.45) is 3.79. The van der Waals surface area contributed by atoms with Crippen LogP contribution in [0, 0.1) is 36.5 Å². The van der Waals surface area contributed by atoms with Crippen molar-refractivity contribution in [2.45, 2.75) is 39.8 Å². The Bertz CT molecular complexity index is 912. The maximum atomic E-state index is 13.7. The topological polar surface area (TPSA) is 98.7 Å². The Kier molecular flexibility index (Phi) is 7.30. The molecule has 6 atom stereocenters. The first-order chi connectivity index (χ1) is 15.1. The third kappa shape index (κ3) is 4.16. The molecule has 3 rings (SSSR count). The Morgan fingerprint density at radius 3 is 2.47 bits per heavy atom. The van der Waals surface area contributed by atoms with Crippen LogP contribution in [0.2, 0.25) is 5.02 Å². The monoisotopic (exact) mass is 461 g/mol. The molecule has 0 spiro atoms. The predicted molar refractivity (Wildman–Crippen MR) is 124 cm³/mol. The SMILES string of the molecule is CNC(=O)[C@H]1[C@H]2C(=O)N([C@@H](CO)C(C)C)[C@H](C(=O)Nc3c(C)cccc3Cl)[C@H]2C=C[C@H]1C. The largest absolute Gasteiger partial charge is 0.394 e. The van der Waals surface area contributed by atoms with Crippen LogP contribution in [0.5, 0.6) is 0 Å². The first-order valence-electron chi connectivity index (χ1n) is 11.0. The highest BCUT2D eigenvalue weighted by Crippen LogP contribution is 2.45. The predicted octanol–water partition coefficient (Wildman–Crippen LogP) is 2.62. The molecule has 8 heteroatoms. The van der Waals surface area contributed by atoms with Crippen LogP contribution in [0.15, 0.2) is 30.4 Å². The Morgan fingerprint density at radius 1 is 1.22 bits per heavy atom. The summed E-state index contributed by atoms with van der Waals surface area (Å²) in [4.78, 5) is 41.6. The number of likely N-dealkylation sites (tertiary alicyclic amines) is 1. The van der Waals surface area contributed by atoms with Crippen molar-refractivity contribution in [3.8, 4) is 0 Å². The smallest absolute Gasteiger partial charge is 0.247 e. The Hall–Kier alpha value is -2.38. The minimum atomic E-state index is -0.862. The number of anilines is 1. The molecule has 1 saturated heterocycles. The number of para-hydroxylation sites is 1. The quantitative estimate of drug-likeness (QED) is 0.567. The van der Waals surface area contributed by atoms with Crippen LogP contribution in [-0.4, -0.2) is 53.5 Å². The zero-order valence-electron chi connectivity index (χ0n) is 19.1. The Morgan fingerprint density at radius 2 is 1.91 bits per heavy atom. The van der Waals surface area contributed by atoms with Gasteiger partial charge in [-0.15, -0.1) is 0 Å². The molecule has 1 aliphatic carbocycles. The van der Waals surface area contributed by atoms with Gasteiger partial charge in [-0.05, 0) is 30.4 Å². The molecule has 0 radical (unpaired) electrons. The van der Waals surface area contributed by atoms with Gasteiger partial charge in [0.1, 0.15) is 6.04 Å². The molecule has 7 nitrogen and oxygen atoms in total. The van der Waals surface area contributed by atoms with E-state index in [1.807, 2.05) is 45.9 Å². The lowest BCUT2D eigenvalue weighted by Gasteiger charge is -2.35.